The summed E-state index contributed by atoms with van der Waals surface area (Å²) in [7, 11) is 2.58. The Bertz CT molecular complexity index is 2100. The highest BCUT2D eigenvalue weighted by molar-refractivity contribution is 7.23. The maximum Gasteiger partial charge on any atom is 0.407 e. The maximum atomic E-state index is 13.6. The summed E-state index contributed by atoms with van der Waals surface area (Å²) >= 11 is 3.37. The fraction of sp³-hybridized carbons (Fsp3) is 0.459. The van der Waals surface area contributed by atoms with Crippen LogP contribution in [0.1, 0.15) is 76.6 Å². The van der Waals surface area contributed by atoms with Gasteiger partial charge >= 0.3 is 12.2 Å². The average molecular weight is 761 g/mol. The van der Waals surface area contributed by atoms with Crippen molar-refractivity contribution >= 4 is 66.8 Å². The van der Waals surface area contributed by atoms with Crippen LogP contribution in [0, 0.1) is 5.92 Å². The van der Waals surface area contributed by atoms with Crippen LogP contribution >= 0.6 is 22.7 Å². The van der Waals surface area contributed by atoms with E-state index in [0.717, 1.165) is 78.6 Å². The van der Waals surface area contributed by atoms with Crippen molar-refractivity contribution in [3.8, 4) is 21.1 Å². The number of methoxy groups -OCH3 is 2. The lowest BCUT2D eigenvalue weighted by Crippen LogP contribution is -2.51. The van der Waals surface area contributed by atoms with E-state index in [9.17, 15) is 19.2 Å². The van der Waals surface area contributed by atoms with Crippen molar-refractivity contribution < 1.29 is 28.7 Å². The number of likely N-dealkylation sites (tertiary alicyclic amines) is 2. The molecule has 6 heterocycles. The van der Waals surface area contributed by atoms with Gasteiger partial charge in [0.15, 0.2) is 0 Å². The van der Waals surface area contributed by atoms with Gasteiger partial charge < -0.3 is 39.9 Å². The maximum absolute atomic E-state index is 13.6. The third kappa shape index (κ3) is 7.21. The Hall–Kier alpha value is -4.96. The number of H-pyrrole nitrogens is 2. The molecule has 0 bridgehead atoms. The van der Waals surface area contributed by atoms with E-state index >= 15 is 0 Å². The normalized spacial score (nSPS) is 18.5. The molecular formula is C37H44N8O6S2. The van der Waals surface area contributed by atoms with Crippen molar-refractivity contribution in [3.63, 3.8) is 0 Å². The molecule has 0 saturated carbocycles. The van der Waals surface area contributed by atoms with Gasteiger partial charge in [-0.2, -0.15) is 0 Å². The first-order chi connectivity index (χ1) is 25.6. The number of ether oxygens (including phenoxy) is 2. The molecule has 0 aliphatic carbocycles. The van der Waals surface area contributed by atoms with Gasteiger partial charge in [-0.3, -0.25) is 9.59 Å². The van der Waals surface area contributed by atoms with Crippen LogP contribution in [-0.2, 0) is 19.1 Å². The van der Waals surface area contributed by atoms with E-state index in [-0.39, 0.29) is 29.8 Å². The van der Waals surface area contributed by atoms with E-state index in [1.165, 1.54) is 14.2 Å². The summed E-state index contributed by atoms with van der Waals surface area (Å²) in [5.41, 5.74) is 1.79. The Morgan fingerprint density at radius 1 is 0.792 bits per heavy atom. The predicted molar refractivity (Wildman–Crippen MR) is 204 cm³/mol. The number of carbonyl (C=O) groups excluding carboxylic acids is 4. The number of alkyl carbamates (subject to hydrolysis) is 2. The highest BCUT2D eigenvalue weighted by atomic mass is 32.1. The van der Waals surface area contributed by atoms with Gasteiger partial charge in [-0.05, 0) is 73.1 Å². The summed E-state index contributed by atoms with van der Waals surface area (Å²) in [5, 5.41) is 7.61. The number of carbonyl (C=O) groups is 4. The highest BCUT2D eigenvalue weighted by Crippen LogP contribution is 2.41. The molecule has 14 nitrogen and oxygen atoms in total. The topological polar surface area (TPSA) is 175 Å². The zero-order valence-electron chi connectivity index (χ0n) is 30.4. The van der Waals surface area contributed by atoms with Crippen molar-refractivity contribution in [2.75, 3.05) is 27.3 Å². The molecule has 2 saturated heterocycles. The molecule has 4 N–H and O–H groups in total. The molecule has 53 heavy (non-hydrogen) atoms. The van der Waals surface area contributed by atoms with Gasteiger partial charge in [0.25, 0.3) is 0 Å². The molecule has 0 radical (unpaired) electrons. The summed E-state index contributed by atoms with van der Waals surface area (Å²) in [6.07, 6.45) is 6.18. The largest absolute Gasteiger partial charge is 0.453 e. The van der Waals surface area contributed by atoms with Crippen LogP contribution in [0.4, 0.5) is 9.59 Å². The second kappa shape index (κ2) is 15.2. The molecule has 1 aromatic carbocycles. The number of nitrogens with zero attached hydrogens (tertiary/aromatic N) is 4. The summed E-state index contributed by atoms with van der Waals surface area (Å²) in [5.74, 6) is 1.11. The first-order valence-corrected chi connectivity index (χ1v) is 19.6. The number of benzene rings is 1. The summed E-state index contributed by atoms with van der Waals surface area (Å²) in [6.45, 7) is 6.88. The Morgan fingerprint density at radius 2 is 1.28 bits per heavy atom. The molecule has 280 valence electrons. The van der Waals surface area contributed by atoms with Gasteiger partial charge in [-0.1, -0.05) is 20.8 Å². The first kappa shape index (κ1) is 36.4. The minimum Gasteiger partial charge on any atom is -0.453 e. The number of aromatic nitrogens is 4. The predicted octanol–water partition coefficient (Wildman–Crippen LogP) is 6.74. The zero-order valence-corrected chi connectivity index (χ0v) is 32.0. The van der Waals surface area contributed by atoms with E-state index in [0.29, 0.717) is 19.5 Å². The van der Waals surface area contributed by atoms with E-state index < -0.39 is 24.3 Å². The van der Waals surface area contributed by atoms with Gasteiger partial charge in [-0.25, -0.2) is 19.6 Å². The molecule has 0 spiro atoms. The number of nitrogens with one attached hydrogen (secondary N) is 4. The SMILES string of the molecule is CCC(NC(=O)OC)C(=O)N1CCCC1c1ncc(-c2cc3cc4sc(-c5cnc(C6CCCN6C(=O)C(NC(=O)OC)C(C)C)[nH]5)cc4cc3s2)[nH]1. The van der Waals surface area contributed by atoms with Crippen LogP contribution in [0.3, 0.4) is 0 Å². The van der Waals surface area contributed by atoms with E-state index in [1.54, 1.807) is 22.7 Å². The molecule has 4 unspecified atom stereocenters. The van der Waals surface area contributed by atoms with Crippen molar-refractivity contribution in [3.05, 3.63) is 48.3 Å². The second-order valence-electron chi connectivity index (χ2n) is 13.8. The second-order valence-corrected chi connectivity index (χ2v) is 16.0. The number of hydrogen-bond acceptors (Lipinski definition) is 10. The molecule has 4 aromatic heterocycles. The van der Waals surface area contributed by atoms with Gasteiger partial charge in [0.05, 0.1) is 59.8 Å². The fourth-order valence-corrected chi connectivity index (χ4v) is 9.46. The number of imidazole rings is 2. The highest BCUT2D eigenvalue weighted by Gasteiger charge is 2.38. The van der Waals surface area contributed by atoms with E-state index in [2.05, 4.69) is 44.9 Å². The Morgan fingerprint density at radius 3 is 1.75 bits per heavy atom. The lowest BCUT2D eigenvalue weighted by atomic mass is 10.0. The average Bonchev–Trinajstić information content (AvgIpc) is 4.00. The first-order valence-electron chi connectivity index (χ1n) is 18.0. The number of hydrogen-bond donors (Lipinski definition) is 4. The molecule has 4 atom stereocenters. The van der Waals surface area contributed by atoms with Crippen molar-refractivity contribution in [2.24, 2.45) is 5.92 Å². The molecule has 7 rings (SSSR count). The summed E-state index contributed by atoms with van der Waals surface area (Å²) < 4.78 is 11.8. The molecular weight excluding hydrogens is 717 g/mol. The van der Waals surface area contributed by atoms with Crippen molar-refractivity contribution in [2.45, 2.75) is 77.0 Å². The number of aromatic amines is 2. The number of fused-ring (bicyclic) bond motifs is 2. The van der Waals surface area contributed by atoms with Crippen LogP contribution < -0.4 is 10.6 Å². The van der Waals surface area contributed by atoms with Gasteiger partial charge in [-0.15, -0.1) is 22.7 Å². The Labute approximate surface area is 314 Å². The van der Waals surface area contributed by atoms with Crippen molar-refractivity contribution in [1.29, 1.82) is 0 Å². The molecule has 4 amide bonds. The quantitative estimate of drug-likeness (QED) is 0.121. The lowest BCUT2D eigenvalue weighted by Gasteiger charge is -2.30. The summed E-state index contributed by atoms with van der Waals surface area (Å²) in [4.78, 5) is 72.9. The molecule has 5 aromatic rings. The molecule has 16 heteroatoms. The van der Waals surface area contributed by atoms with Crippen LogP contribution in [0.15, 0.2) is 36.7 Å². The minimum absolute atomic E-state index is 0.103. The fourth-order valence-electron chi connectivity index (χ4n) is 7.35. The van der Waals surface area contributed by atoms with Gasteiger partial charge in [0.1, 0.15) is 23.7 Å². The standard InChI is InChI=1S/C37H44N8O6S2/c1-6-22(42-36(48)50-4)34(46)44-11-7-9-25(44)32-38-17-23(40-32)29-15-20-13-28-21(14-27(20)52-29)16-30(53-28)24-18-39-33(41-24)26-10-8-12-45(26)35(47)31(19(2)3)43-37(49)51-5/h13-19,22,25-26,31H,6-12H2,1-5H3,(H,38,40)(H,39,41)(H,42,48)(H,43,49). The number of rotatable bonds is 10. The minimum atomic E-state index is -0.685. The molecule has 2 aliphatic heterocycles. The van der Waals surface area contributed by atoms with Crippen LogP contribution in [0.25, 0.3) is 41.3 Å². The molecule has 2 aliphatic rings. The van der Waals surface area contributed by atoms with Gasteiger partial charge in [0, 0.05) is 22.5 Å². The van der Waals surface area contributed by atoms with E-state index in [4.69, 9.17) is 19.4 Å². The van der Waals surface area contributed by atoms with Crippen LogP contribution in [0.5, 0.6) is 0 Å². The lowest BCUT2D eigenvalue weighted by molar-refractivity contribution is -0.135. The molecule has 2 fully saturated rings. The third-order valence-electron chi connectivity index (χ3n) is 10.2. The Balaban J connectivity index is 1.07. The van der Waals surface area contributed by atoms with Crippen LogP contribution in [-0.4, -0.2) is 93.1 Å². The Kier molecular flexibility index (Phi) is 10.4. The zero-order chi connectivity index (χ0) is 37.4. The third-order valence-corrected chi connectivity index (χ3v) is 12.4. The smallest absolute Gasteiger partial charge is 0.407 e. The van der Waals surface area contributed by atoms with E-state index in [1.807, 2.05) is 43.0 Å². The summed E-state index contributed by atoms with van der Waals surface area (Å²) in [6, 6.07) is 7.02. The van der Waals surface area contributed by atoms with Crippen molar-refractivity contribution in [1.82, 2.24) is 40.4 Å². The number of thiophene rings is 2. The van der Waals surface area contributed by atoms with Gasteiger partial charge in [0.2, 0.25) is 11.8 Å². The number of amides is 4. The monoisotopic (exact) mass is 760 g/mol. The van der Waals surface area contributed by atoms with Crippen LogP contribution in [0.2, 0.25) is 0 Å².